The molecule has 0 saturated heterocycles. The minimum atomic E-state index is -1.09. The van der Waals surface area contributed by atoms with Gasteiger partial charge in [0.05, 0.1) is 6.61 Å². The van der Waals surface area contributed by atoms with E-state index in [0.717, 1.165) is 6.42 Å². The summed E-state index contributed by atoms with van der Waals surface area (Å²) in [6.45, 7) is 1.90. The van der Waals surface area contributed by atoms with Crippen molar-refractivity contribution in [2.45, 2.75) is 19.8 Å². The highest BCUT2D eigenvalue weighted by Crippen LogP contribution is 2.60. The number of hydrogen-bond donors (Lipinski definition) is 1. The summed E-state index contributed by atoms with van der Waals surface area (Å²) >= 11 is 0. The van der Waals surface area contributed by atoms with Crippen molar-refractivity contribution in [3.05, 3.63) is 24.3 Å². The highest BCUT2D eigenvalue weighted by Gasteiger charge is 2.54. The van der Waals surface area contributed by atoms with E-state index in [-0.39, 0.29) is 12.0 Å². The van der Waals surface area contributed by atoms with Crippen molar-refractivity contribution in [1.29, 1.82) is 0 Å². The summed E-state index contributed by atoms with van der Waals surface area (Å²) in [5.74, 6) is -2.37. The van der Waals surface area contributed by atoms with E-state index >= 15 is 0 Å². The molecule has 2 aliphatic rings. The summed E-state index contributed by atoms with van der Waals surface area (Å²) in [5, 5.41) is 9.09. The first kappa shape index (κ1) is 11.9. The molecule has 3 atom stereocenters. The third kappa shape index (κ3) is 2.25. The lowest BCUT2D eigenvalue weighted by Crippen LogP contribution is -2.29. The van der Waals surface area contributed by atoms with E-state index < -0.39 is 17.9 Å². The van der Waals surface area contributed by atoms with Gasteiger partial charge in [0.1, 0.15) is 0 Å². The van der Waals surface area contributed by atoms with Crippen LogP contribution in [0.15, 0.2) is 24.3 Å². The van der Waals surface area contributed by atoms with Gasteiger partial charge >= 0.3 is 11.9 Å². The molecule has 3 unspecified atom stereocenters. The SMILES string of the molecule is CCOC(=O)C(CC12C=CC=CC1C2)C(=O)O. The van der Waals surface area contributed by atoms with Crippen LogP contribution < -0.4 is 0 Å². The highest BCUT2D eigenvalue weighted by atomic mass is 16.5. The summed E-state index contributed by atoms with van der Waals surface area (Å²) in [7, 11) is 0. The number of ether oxygens (including phenoxy) is 1. The minimum Gasteiger partial charge on any atom is -0.481 e. The number of carboxylic acids is 1. The maximum atomic E-state index is 11.6. The van der Waals surface area contributed by atoms with E-state index in [9.17, 15) is 9.59 Å². The highest BCUT2D eigenvalue weighted by molar-refractivity contribution is 5.94. The normalized spacial score (nSPS) is 30.5. The summed E-state index contributed by atoms with van der Waals surface area (Å²) in [5.41, 5.74) is -0.120. The molecule has 0 bridgehead atoms. The number of aliphatic carboxylic acids is 1. The topological polar surface area (TPSA) is 63.6 Å². The Morgan fingerprint density at radius 3 is 2.88 bits per heavy atom. The van der Waals surface area contributed by atoms with Gasteiger partial charge in [-0.3, -0.25) is 9.59 Å². The molecule has 2 aliphatic carbocycles. The molecule has 0 heterocycles. The van der Waals surface area contributed by atoms with Gasteiger partial charge in [0.2, 0.25) is 0 Å². The molecule has 0 radical (unpaired) electrons. The lowest BCUT2D eigenvalue weighted by atomic mass is 9.88. The number of hydrogen-bond acceptors (Lipinski definition) is 3. The fraction of sp³-hybridized carbons (Fsp3) is 0.538. The molecule has 0 aromatic heterocycles. The van der Waals surface area contributed by atoms with Gasteiger partial charge in [0.15, 0.2) is 5.92 Å². The first-order valence-electron chi connectivity index (χ1n) is 5.84. The zero-order chi connectivity index (χ0) is 12.5. The van der Waals surface area contributed by atoms with Crippen molar-refractivity contribution in [2.24, 2.45) is 17.3 Å². The van der Waals surface area contributed by atoms with Crippen LogP contribution in [0.5, 0.6) is 0 Å². The largest absolute Gasteiger partial charge is 0.481 e. The Morgan fingerprint density at radius 2 is 2.29 bits per heavy atom. The molecule has 4 heteroatoms. The molecule has 1 saturated carbocycles. The van der Waals surface area contributed by atoms with E-state index in [1.807, 2.05) is 18.2 Å². The van der Waals surface area contributed by atoms with Gasteiger partial charge in [0, 0.05) is 0 Å². The van der Waals surface area contributed by atoms with Crippen molar-refractivity contribution >= 4 is 11.9 Å². The monoisotopic (exact) mass is 236 g/mol. The van der Waals surface area contributed by atoms with Crippen molar-refractivity contribution in [3.8, 4) is 0 Å². The molecule has 0 spiro atoms. The van der Waals surface area contributed by atoms with Crippen molar-refractivity contribution in [3.63, 3.8) is 0 Å². The van der Waals surface area contributed by atoms with Crippen LogP contribution in [0, 0.1) is 17.3 Å². The first-order valence-corrected chi connectivity index (χ1v) is 5.84. The second kappa shape index (κ2) is 4.35. The molecule has 0 aromatic rings. The van der Waals surface area contributed by atoms with Gasteiger partial charge in [-0.1, -0.05) is 24.3 Å². The standard InChI is InChI=1S/C13H16O4/c1-2-17-12(16)10(11(14)15)8-13-6-4-3-5-9(13)7-13/h3-6,9-10H,2,7-8H2,1H3,(H,14,15). The van der Waals surface area contributed by atoms with Crippen LogP contribution in [0.4, 0.5) is 0 Å². The number of fused-ring (bicyclic) bond motifs is 1. The Kier molecular flexibility index (Phi) is 3.05. The zero-order valence-corrected chi connectivity index (χ0v) is 9.76. The van der Waals surface area contributed by atoms with Gasteiger partial charge in [-0.2, -0.15) is 0 Å². The van der Waals surface area contributed by atoms with Crippen LogP contribution >= 0.6 is 0 Å². The summed E-state index contributed by atoms with van der Waals surface area (Å²) in [4.78, 5) is 22.7. The van der Waals surface area contributed by atoms with Crippen LogP contribution in [0.25, 0.3) is 0 Å². The molecule has 1 N–H and O–H groups in total. The minimum absolute atomic E-state index is 0.120. The molecule has 17 heavy (non-hydrogen) atoms. The number of carbonyl (C=O) groups is 2. The molecular formula is C13H16O4. The van der Waals surface area contributed by atoms with Gasteiger partial charge in [0.25, 0.3) is 0 Å². The molecule has 1 fully saturated rings. The van der Waals surface area contributed by atoms with E-state index in [4.69, 9.17) is 9.84 Å². The Hall–Kier alpha value is -1.58. The average molecular weight is 236 g/mol. The smallest absolute Gasteiger partial charge is 0.320 e. The van der Waals surface area contributed by atoms with E-state index in [1.165, 1.54) is 0 Å². The molecule has 0 aromatic carbocycles. The Bertz CT molecular complexity index is 396. The van der Waals surface area contributed by atoms with Gasteiger partial charge < -0.3 is 9.84 Å². The van der Waals surface area contributed by atoms with Crippen LogP contribution in [0.1, 0.15) is 19.8 Å². The van der Waals surface area contributed by atoms with Gasteiger partial charge in [-0.15, -0.1) is 0 Å². The van der Waals surface area contributed by atoms with Crippen LogP contribution in [-0.4, -0.2) is 23.7 Å². The molecule has 92 valence electrons. The third-order valence-corrected chi connectivity index (χ3v) is 3.51. The van der Waals surface area contributed by atoms with Crippen LogP contribution in [0.2, 0.25) is 0 Å². The van der Waals surface area contributed by atoms with Gasteiger partial charge in [-0.25, -0.2) is 0 Å². The molecule has 2 rings (SSSR count). The van der Waals surface area contributed by atoms with Crippen molar-refractivity contribution in [1.82, 2.24) is 0 Å². The predicted molar refractivity (Wildman–Crippen MR) is 61.2 cm³/mol. The lowest BCUT2D eigenvalue weighted by molar-refractivity contribution is -0.159. The zero-order valence-electron chi connectivity index (χ0n) is 9.76. The van der Waals surface area contributed by atoms with Crippen LogP contribution in [0.3, 0.4) is 0 Å². The quantitative estimate of drug-likeness (QED) is 0.583. The summed E-state index contributed by atoms with van der Waals surface area (Å²) < 4.78 is 4.81. The molecule has 0 amide bonds. The molecule has 4 nitrogen and oxygen atoms in total. The maximum absolute atomic E-state index is 11.6. The second-order valence-electron chi connectivity index (χ2n) is 4.63. The van der Waals surface area contributed by atoms with E-state index in [0.29, 0.717) is 12.3 Å². The van der Waals surface area contributed by atoms with Crippen molar-refractivity contribution in [2.75, 3.05) is 6.61 Å². The van der Waals surface area contributed by atoms with Gasteiger partial charge in [-0.05, 0) is 31.1 Å². The number of allylic oxidation sites excluding steroid dienone is 4. The second-order valence-corrected chi connectivity index (χ2v) is 4.63. The first-order chi connectivity index (χ1) is 8.09. The Balaban J connectivity index is 2.05. The number of carboxylic acid groups (broad SMARTS) is 1. The van der Waals surface area contributed by atoms with Crippen molar-refractivity contribution < 1.29 is 19.4 Å². The third-order valence-electron chi connectivity index (χ3n) is 3.51. The number of esters is 1. The number of rotatable bonds is 5. The summed E-state index contributed by atoms with van der Waals surface area (Å²) in [6.07, 6.45) is 9.26. The van der Waals surface area contributed by atoms with E-state index in [2.05, 4.69) is 6.08 Å². The maximum Gasteiger partial charge on any atom is 0.320 e. The predicted octanol–water partition coefficient (Wildman–Crippen LogP) is 1.77. The number of carbonyl (C=O) groups excluding carboxylic acids is 1. The lowest BCUT2D eigenvalue weighted by Gasteiger charge is -2.18. The van der Waals surface area contributed by atoms with E-state index in [1.54, 1.807) is 6.92 Å². The Labute approximate surface area is 100.0 Å². The fourth-order valence-corrected chi connectivity index (χ4v) is 2.44. The fourth-order valence-electron chi connectivity index (χ4n) is 2.44. The van der Waals surface area contributed by atoms with Crippen LogP contribution in [-0.2, 0) is 14.3 Å². The molecular weight excluding hydrogens is 220 g/mol. The summed E-state index contributed by atoms with van der Waals surface area (Å²) in [6, 6.07) is 0. The average Bonchev–Trinajstić information content (AvgIpc) is 3.00. The molecule has 0 aliphatic heterocycles. The Morgan fingerprint density at radius 1 is 1.53 bits per heavy atom.